The first-order valence-electron chi connectivity index (χ1n) is 10.4. The average Bonchev–Trinajstić information content (AvgIpc) is 3.44. The second-order valence-corrected chi connectivity index (χ2v) is 9.13. The molecule has 0 saturated heterocycles. The summed E-state index contributed by atoms with van der Waals surface area (Å²) in [7, 11) is 1.68. The number of carbonyl (C=O) groups excluding carboxylic acids is 2. The first-order valence-corrected chi connectivity index (χ1v) is 10.4. The minimum absolute atomic E-state index is 0.00790. The fourth-order valence-corrected chi connectivity index (χ4v) is 3.79. The SMILES string of the molecule is CN(C(=O)c1cnn2c1CN(C(=O)OC(C)(C)C)CC2)C1(c2ncc(C(=O)O)cn2)CC1. The number of hydrogen-bond donors (Lipinski definition) is 1. The maximum absolute atomic E-state index is 13.4. The Bertz CT molecular complexity index is 1070. The Hall–Kier alpha value is -3.50. The van der Waals surface area contributed by atoms with Crippen molar-refractivity contribution >= 4 is 18.0 Å². The van der Waals surface area contributed by atoms with Crippen LogP contribution in [0, 0.1) is 0 Å². The van der Waals surface area contributed by atoms with E-state index in [2.05, 4.69) is 15.1 Å². The van der Waals surface area contributed by atoms with E-state index in [0.717, 1.165) is 0 Å². The average molecular weight is 442 g/mol. The lowest BCUT2D eigenvalue weighted by molar-refractivity contribution is 0.0192. The lowest BCUT2D eigenvalue weighted by atomic mass is 10.1. The molecule has 0 radical (unpaired) electrons. The van der Waals surface area contributed by atoms with Gasteiger partial charge in [-0.15, -0.1) is 0 Å². The molecule has 2 aliphatic rings. The molecule has 11 nitrogen and oxygen atoms in total. The van der Waals surface area contributed by atoms with Gasteiger partial charge in [-0.2, -0.15) is 5.10 Å². The van der Waals surface area contributed by atoms with Crippen LogP contribution in [0.4, 0.5) is 4.79 Å². The summed E-state index contributed by atoms with van der Waals surface area (Å²) in [5.41, 5.74) is -0.234. The molecule has 1 aliphatic carbocycles. The molecular weight excluding hydrogens is 416 g/mol. The molecule has 4 rings (SSSR count). The van der Waals surface area contributed by atoms with Gasteiger partial charge in [-0.25, -0.2) is 19.6 Å². The van der Waals surface area contributed by atoms with E-state index in [1.807, 2.05) is 20.8 Å². The van der Waals surface area contributed by atoms with E-state index < -0.39 is 23.2 Å². The number of rotatable bonds is 4. The number of ether oxygens (including phenoxy) is 1. The molecule has 0 bridgehead atoms. The maximum Gasteiger partial charge on any atom is 0.410 e. The standard InChI is InChI=1S/C21H26N6O5/c1-20(2,3)32-19(31)26-7-8-27-15(12-26)14(11-24-27)16(28)25(4)21(5-6-21)18-22-9-13(10-23-18)17(29)30/h9-11H,5-8,12H2,1-4H3,(H,29,30). The van der Waals surface area contributed by atoms with Crippen molar-refractivity contribution < 1.29 is 24.2 Å². The lowest BCUT2D eigenvalue weighted by Crippen LogP contribution is -2.43. The number of nitrogens with zero attached hydrogens (tertiary/aromatic N) is 6. The van der Waals surface area contributed by atoms with E-state index in [0.29, 0.717) is 43.0 Å². The van der Waals surface area contributed by atoms with Gasteiger partial charge in [-0.3, -0.25) is 9.48 Å². The van der Waals surface area contributed by atoms with Crippen molar-refractivity contribution in [2.75, 3.05) is 13.6 Å². The number of aromatic nitrogens is 4. The molecule has 32 heavy (non-hydrogen) atoms. The number of amides is 2. The molecule has 2 aromatic rings. The molecule has 1 saturated carbocycles. The molecule has 3 heterocycles. The Morgan fingerprint density at radius 1 is 1.12 bits per heavy atom. The van der Waals surface area contributed by atoms with Crippen LogP contribution in [-0.4, -0.2) is 71.8 Å². The zero-order chi connectivity index (χ0) is 23.3. The van der Waals surface area contributed by atoms with Crippen molar-refractivity contribution in [3.05, 3.63) is 41.2 Å². The van der Waals surface area contributed by atoms with Crippen LogP contribution in [0.25, 0.3) is 0 Å². The summed E-state index contributed by atoms with van der Waals surface area (Å²) < 4.78 is 7.20. The van der Waals surface area contributed by atoms with Gasteiger partial charge in [0.1, 0.15) is 11.1 Å². The summed E-state index contributed by atoms with van der Waals surface area (Å²) in [6.45, 7) is 6.56. The summed E-state index contributed by atoms with van der Waals surface area (Å²) in [4.78, 5) is 48.5. The van der Waals surface area contributed by atoms with Crippen LogP contribution >= 0.6 is 0 Å². The first-order chi connectivity index (χ1) is 15.0. The monoisotopic (exact) mass is 442 g/mol. The number of carboxylic acids is 1. The molecule has 170 valence electrons. The van der Waals surface area contributed by atoms with Gasteiger partial charge in [-0.1, -0.05) is 0 Å². The smallest absolute Gasteiger partial charge is 0.410 e. The summed E-state index contributed by atoms with van der Waals surface area (Å²) in [5, 5.41) is 13.4. The van der Waals surface area contributed by atoms with Crippen LogP contribution < -0.4 is 0 Å². The van der Waals surface area contributed by atoms with E-state index in [-0.39, 0.29) is 18.0 Å². The molecular formula is C21H26N6O5. The third-order valence-corrected chi connectivity index (χ3v) is 5.74. The molecule has 11 heteroatoms. The van der Waals surface area contributed by atoms with Crippen molar-refractivity contribution in [1.82, 2.24) is 29.5 Å². The van der Waals surface area contributed by atoms with Crippen LogP contribution in [0.5, 0.6) is 0 Å². The number of hydrogen-bond acceptors (Lipinski definition) is 7. The number of carboxylic acid groups (broad SMARTS) is 1. The minimum Gasteiger partial charge on any atom is -0.478 e. The molecule has 0 atom stereocenters. The van der Waals surface area contributed by atoms with Crippen LogP contribution in [0.3, 0.4) is 0 Å². The van der Waals surface area contributed by atoms with Crippen LogP contribution in [0.15, 0.2) is 18.6 Å². The fourth-order valence-electron chi connectivity index (χ4n) is 3.79. The number of carbonyl (C=O) groups is 3. The third-order valence-electron chi connectivity index (χ3n) is 5.74. The molecule has 1 N–H and O–H groups in total. The maximum atomic E-state index is 13.4. The summed E-state index contributed by atoms with van der Waals surface area (Å²) >= 11 is 0. The third kappa shape index (κ3) is 3.90. The zero-order valence-corrected chi connectivity index (χ0v) is 18.5. The Kier molecular flexibility index (Phi) is 5.14. The number of aromatic carboxylic acids is 1. The normalized spacial score (nSPS) is 16.8. The van der Waals surface area contributed by atoms with Gasteiger partial charge in [0.15, 0.2) is 5.82 Å². The zero-order valence-electron chi connectivity index (χ0n) is 18.5. The first kappa shape index (κ1) is 21.7. The van der Waals surface area contributed by atoms with E-state index in [4.69, 9.17) is 9.84 Å². The second kappa shape index (κ2) is 7.57. The fraction of sp³-hybridized carbons (Fsp3) is 0.524. The molecule has 1 aliphatic heterocycles. The predicted octanol–water partition coefficient (Wildman–Crippen LogP) is 1.88. The minimum atomic E-state index is -1.10. The Morgan fingerprint density at radius 2 is 1.78 bits per heavy atom. The summed E-state index contributed by atoms with van der Waals surface area (Å²) in [6, 6.07) is 0. The highest BCUT2D eigenvalue weighted by Gasteiger charge is 2.53. The van der Waals surface area contributed by atoms with Crippen molar-refractivity contribution in [3.8, 4) is 0 Å². The van der Waals surface area contributed by atoms with Gasteiger partial charge >= 0.3 is 12.1 Å². The Morgan fingerprint density at radius 3 is 2.34 bits per heavy atom. The van der Waals surface area contributed by atoms with Crippen molar-refractivity contribution in [2.24, 2.45) is 0 Å². The van der Waals surface area contributed by atoms with Gasteiger partial charge in [0, 0.05) is 26.0 Å². The van der Waals surface area contributed by atoms with Crippen LogP contribution in [0.1, 0.15) is 65.8 Å². The highest BCUT2D eigenvalue weighted by atomic mass is 16.6. The molecule has 0 aromatic carbocycles. The highest BCUT2D eigenvalue weighted by molar-refractivity contribution is 5.96. The van der Waals surface area contributed by atoms with Crippen molar-refractivity contribution in [1.29, 1.82) is 0 Å². The van der Waals surface area contributed by atoms with E-state index >= 15 is 0 Å². The largest absolute Gasteiger partial charge is 0.478 e. The van der Waals surface area contributed by atoms with Gasteiger partial charge in [0.05, 0.1) is 36.1 Å². The molecule has 2 aromatic heterocycles. The quantitative estimate of drug-likeness (QED) is 0.759. The molecule has 1 fully saturated rings. The lowest BCUT2D eigenvalue weighted by Gasteiger charge is -2.31. The molecule has 0 unspecified atom stereocenters. The van der Waals surface area contributed by atoms with Crippen LogP contribution in [0.2, 0.25) is 0 Å². The van der Waals surface area contributed by atoms with Crippen LogP contribution in [-0.2, 0) is 23.4 Å². The van der Waals surface area contributed by atoms with Crippen molar-refractivity contribution in [3.63, 3.8) is 0 Å². The molecule has 2 amide bonds. The highest BCUT2D eigenvalue weighted by Crippen LogP contribution is 2.49. The van der Waals surface area contributed by atoms with E-state index in [1.165, 1.54) is 18.6 Å². The molecule has 0 spiro atoms. The van der Waals surface area contributed by atoms with Gasteiger partial charge in [0.2, 0.25) is 0 Å². The van der Waals surface area contributed by atoms with Gasteiger partial charge < -0.3 is 19.6 Å². The van der Waals surface area contributed by atoms with E-state index in [1.54, 1.807) is 21.5 Å². The van der Waals surface area contributed by atoms with Gasteiger partial charge in [-0.05, 0) is 33.6 Å². The second-order valence-electron chi connectivity index (χ2n) is 9.13. The predicted molar refractivity (Wildman–Crippen MR) is 111 cm³/mol. The van der Waals surface area contributed by atoms with Crippen molar-refractivity contribution in [2.45, 2.75) is 57.8 Å². The Balaban J connectivity index is 1.54. The summed E-state index contributed by atoms with van der Waals surface area (Å²) in [6.07, 6.45) is 4.96. The topological polar surface area (TPSA) is 131 Å². The van der Waals surface area contributed by atoms with E-state index in [9.17, 15) is 14.4 Å². The Labute approximate surface area is 185 Å². The number of fused-ring (bicyclic) bond motifs is 1. The van der Waals surface area contributed by atoms with Gasteiger partial charge in [0.25, 0.3) is 5.91 Å². The summed E-state index contributed by atoms with van der Waals surface area (Å²) in [5.74, 6) is -0.942.